The Labute approximate surface area is 176 Å². The Balaban J connectivity index is 1.94. The summed E-state index contributed by atoms with van der Waals surface area (Å²) in [5, 5.41) is 4.08. The van der Waals surface area contributed by atoms with E-state index in [9.17, 15) is 4.79 Å². The van der Waals surface area contributed by atoms with Crippen LogP contribution >= 0.6 is 0 Å². The van der Waals surface area contributed by atoms with Gasteiger partial charge in [0, 0.05) is 11.1 Å². The third kappa shape index (κ3) is 4.45. The SMILES string of the molecule is COc1cccc(OC)c1C(=O)N(Cc1nc(-c2ccc(C)cc2)no1)C(C)(C)C. The Morgan fingerprint density at radius 2 is 1.63 bits per heavy atom. The number of carbonyl (C=O) groups excluding carboxylic acids is 1. The van der Waals surface area contributed by atoms with Crippen molar-refractivity contribution in [2.24, 2.45) is 0 Å². The van der Waals surface area contributed by atoms with Crippen LogP contribution in [0.3, 0.4) is 0 Å². The highest BCUT2D eigenvalue weighted by atomic mass is 16.5. The molecule has 0 radical (unpaired) electrons. The fourth-order valence-electron chi connectivity index (χ4n) is 3.08. The van der Waals surface area contributed by atoms with E-state index in [-0.39, 0.29) is 12.5 Å². The van der Waals surface area contributed by atoms with Crippen LogP contribution in [0, 0.1) is 6.92 Å². The van der Waals surface area contributed by atoms with E-state index in [1.54, 1.807) is 23.1 Å². The fourth-order valence-corrected chi connectivity index (χ4v) is 3.08. The number of methoxy groups -OCH3 is 2. The lowest BCUT2D eigenvalue weighted by atomic mass is 10.0. The third-order valence-corrected chi connectivity index (χ3v) is 4.77. The standard InChI is InChI=1S/C23H27N3O4/c1-15-10-12-16(13-11-15)21-24-19(30-25-21)14-26(23(2,3)4)22(27)20-17(28-5)8-7-9-18(20)29-6/h7-13H,14H2,1-6H3. The number of ether oxygens (including phenoxy) is 2. The number of nitrogens with zero attached hydrogens (tertiary/aromatic N) is 3. The molecule has 0 aliphatic rings. The summed E-state index contributed by atoms with van der Waals surface area (Å²) in [6, 6.07) is 13.1. The van der Waals surface area contributed by atoms with Crippen LogP contribution in [0.25, 0.3) is 11.4 Å². The maximum atomic E-state index is 13.5. The van der Waals surface area contributed by atoms with Gasteiger partial charge in [-0.2, -0.15) is 4.98 Å². The molecule has 3 aromatic rings. The summed E-state index contributed by atoms with van der Waals surface area (Å²) in [5.41, 5.74) is 1.85. The van der Waals surface area contributed by atoms with Crippen molar-refractivity contribution in [3.8, 4) is 22.9 Å². The van der Waals surface area contributed by atoms with Crippen LogP contribution < -0.4 is 9.47 Å². The van der Waals surface area contributed by atoms with Gasteiger partial charge in [0.15, 0.2) is 0 Å². The predicted molar refractivity (Wildman–Crippen MR) is 114 cm³/mol. The molecule has 30 heavy (non-hydrogen) atoms. The molecule has 1 amide bonds. The number of benzene rings is 2. The van der Waals surface area contributed by atoms with Crippen LogP contribution in [-0.4, -0.2) is 40.7 Å². The molecule has 0 N–H and O–H groups in total. The topological polar surface area (TPSA) is 77.7 Å². The quantitative estimate of drug-likeness (QED) is 0.596. The first kappa shape index (κ1) is 21.4. The lowest BCUT2D eigenvalue weighted by Gasteiger charge is -2.35. The normalized spacial score (nSPS) is 11.3. The zero-order chi connectivity index (χ0) is 21.9. The summed E-state index contributed by atoms with van der Waals surface area (Å²) in [6.07, 6.45) is 0. The highest BCUT2D eigenvalue weighted by Gasteiger charge is 2.33. The van der Waals surface area contributed by atoms with Gasteiger partial charge in [-0.1, -0.05) is 41.1 Å². The van der Waals surface area contributed by atoms with Crippen LogP contribution in [0.5, 0.6) is 11.5 Å². The molecule has 7 nitrogen and oxygen atoms in total. The van der Waals surface area contributed by atoms with Crippen molar-refractivity contribution in [3.63, 3.8) is 0 Å². The third-order valence-electron chi connectivity index (χ3n) is 4.77. The molecule has 0 bridgehead atoms. The number of rotatable bonds is 6. The van der Waals surface area contributed by atoms with E-state index in [0.717, 1.165) is 11.1 Å². The summed E-state index contributed by atoms with van der Waals surface area (Å²) in [6.45, 7) is 8.02. The van der Waals surface area contributed by atoms with Gasteiger partial charge >= 0.3 is 0 Å². The van der Waals surface area contributed by atoms with Crippen molar-refractivity contribution in [2.75, 3.05) is 14.2 Å². The van der Waals surface area contributed by atoms with Gasteiger partial charge in [0.2, 0.25) is 11.7 Å². The molecule has 2 aromatic carbocycles. The molecule has 0 aliphatic carbocycles. The second-order valence-corrected chi connectivity index (χ2v) is 7.98. The largest absolute Gasteiger partial charge is 0.496 e. The monoisotopic (exact) mass is 409 g/mol. The summed E-state index contributed by atoms with van der Waals surface area (Å²) in [4.78, 5) is 19.7. The molecule has 1 heterocycles. The number of aromatic nitrogens is 2. The number of hydrogen-bond acceptors (Lipinski definition) is 6. The van der Waals surface area contributed by atoms with Crippen molar-refractivity contribution in [2.45, 2.75) is 39.8 Å². The average molecular weight is 409 g/mol. The van der Waals surface area contributed by atoms with Crippen molar-refractivity contribution in [3.05, 3.63) is 59.5 Å². The molecule has 0 atom stereocenters. The van der Waals surface area contributed by atoms with E-state index in [0.29, 0.717) is 28.8 Å². The van der Waals surface area contributed by atoms with Crippen molar-refractivity contribution in [1.29, 1.82) is 0 Å². The first-order valence-electron chi connectivity index (χ1n) is 9.67. The van der Waals surface area contributed by atoms with Crippen molar-refractivity contribution in [1.82, 2.24) is 15.0 Å². The van der Waals surface area contributed by atoms with Crippen LogP contribution in [-0.2, 0) is 6.54 Å². The summed E-state index contributed by atoms with van der Waals surface area (Å²) >= 11 is 0. The predicted octanol–water partition coefficient (Wildman–Crippen LogP) is 4.50. The Kier molecular flexibility index (Phi) is 6.10. The first-order chi connectivity index (χ1) is 14.2. The van der Waals surface area contributed by atoms with E-state index in [1.807, 2.05) is 52.0 Å². The Hall–Kier alpha value is -3.35. The molecular formula is C23H27N3O4. The number of carbonyl (C=O) groups is 1. The highest BCUT2D eigenvalue weighted by molar-refractivity contribution is 6.00. The average Bonchev–Trinajstić information content (AvgIpc) is 3.19. The Morgan fingerprint density at radius 3 is 2.17 bits per heavy atom. The minimum absolute atomic E-state index is 0.155. The summed E-state index contributed by atoms with van der Waals surface area (Å²) < 4.78 is 16.3. The minimum atomic E-state index is -0.512. The molecule has 0 aliphatic heterocycles. The molecule has 0 unspecified atom stereocenters. The lowest BCUT2D eigenvalue weighted by molar-refractivity contribution is 0.0519. The molecule has 0 saturated heterocycles. The van der Waals surface area contributed by atoms with E-state index in [2.05, 4.69) is 10.1 Å². The number of hydrogen-bond donors (Lipinski definition) is 0. The van der Waals surface area contributed by atoms with Gasteiger partial charge in [-0.15, -0.1) is 0 Å². The Bertz CT molecular complexity index is 997. The smallest absolute Gasteiger partial charge is 0.262 e. The lowest BCUT2D eigenvalue weighted by Crippen LogP contribution is -2.45. The van der Waals surface area contributed by atoms with Gasteiger partial charge in [0.25, 0.3) is 5.91 Å². The molecule has 1 aromatic heterocycles. The van der Waals surface area contributed by atoms with Gasteiger partial charge < -0.3 is 18.9 Å². The van der Waals surface area contributed by atoms with E-state index >= 15 is 0 Å². The van der Waals surface area contributed by atoms with Crippen molar-refractivity contribution >= 4 is 5.91 Å². The van der Waals surface area contributed by atoms with Crippen LogP contribution in [0.2, 0.25) is 0 Å². The van der Waals surface area contributed by atoms with Crippen molar-refractivity contribution < 1.29 is 18.8 Å². The number of amides is 1. The minimum Gasteiger partial charge on any atom is -0.496 e. The van der Waals surface area contributed by atoms with Crippen LogP contribution in [0.15, 0.2) is 47.0 Å². The zero-order valence-corrected chi connectivity index (χ0v) is 18.2. The molecule has 0 spiro atoms. The molecule has 7 heteroatoms. The Morgan fingerprint density at radius 1 is 1.03 bits per heavy atom. The zero-order valence-electron chi connectivity index (χ0n) is 18.2. The van der Waals surface area contributed by atoms with Gasteiger partial charge in [-0.25, -0.2) is 0 Å². The number of aryl methyl sites for hydroxylation is 1. The molecule has 0 fully saturated rings. The fraction of sp³-hybridized carbons (Fsp3) is 0.348. The molecule has 158 valence electrons. The van der Waals surface area contributed by atoms with Gasteiger partial charge in [0.05, 0.1) is 14.2 Å². The van der Waals surface area contributed by atoms with Crippen LogP contribution in [0.1, 0.15) is 42.6 Å². The first-order valence-corrected chi connectivity index (χ1v) is 9.67. The van der Waals surface area contributed by atoms with Gasteiger partial charge in [-0.3, -0.25) is 4.79 Å². The van der Waals surface area contributed by atoms with Gasteiger partial charge in [0.1, 0.15) is 23.6 Å². The van der Waals surface area contributed by atoms with E-state index in [4.69, 9.17) is 14.0 Å². The van der Waals surface area contributed by atoms with Gasteiger partial charge in [-0.05, 0) is 39.8 Å². The maximum Gasteiger partial charge on any atom is 0.262 e. The summed E-state index contributed by atoms with van der Waals surface area (Å²) in [5.74, 6) is 1.48. The second kappa shape index (κ2) is 8.57. The maximum absolute atomic E-state index is 13.5. The molecule has 0 saturated carbocycles. The van der Waals surface area contributed by atoms with Crippen LogP contribution in [0.4, 0.5) is 0 Å². The van der Waals surface area contributed by atoms with E-state index < -0.39 is 5.54 Å². The highest BCUT2D eigenvalue weighted by Crippen LogP contribution is 2.32. The molecular weight excluding hydrogens is 382 g/mol. The van der Waals surface area contributed by atoms with E-state index in [1.165, 1.54) is 14.2 Å². The second-order valence-electron chi connectivity index (χ2n) is 7.98. The molecule has 3 rings (SSSR count). The summed E-state index contributed by atoms with van der Waals surface area (Å²) in [7, 11) is 3.05.